The number of hydrogen-bond donors (Lipinski definition) is 1. The molecule has 1 aliphatic heterocycles. The van der Waals surface area contributed by atoms with Crippen molar-refractivity contribution in [3.05, 3.63) is 39.9 Å². The maximum absolute atomic E-state index is 11.5. The molecule has 1 aromatic rings. The summed E-state index contributed by atoms with van der Waals surface area (Å²) in [4.78, 5) is 11.5. The van der Waals surface area contributed by atoms with Gasteiger partial charge in [0.25, 0.3) is 0 Å². The quantitative estimate of drug-likeness (QED) is 0.313. The third kappa shape index (κ3) is 3.22. The summed E-state index contributed by atoms with van der Waals surface area (Å²) in [6.45, 7) is 9.21. The highest BCUT2D eigenvalue weighted by atomic mass is 79.9. The molecule has 0 spiro atoms. The van der Waals surface area contributed by atoms with E-state index in [0.717, 1.165) is 30.6 Å². The minimum atomic E-state index is -0.130. The number of nitrogens with one attached hydrogen (secondary N) is 1. The van der Waals surface area contributed by atoms with E-state index in [1.165, 1.54) is 47.8 Å². The minimum Gasteiger partial charge on any atom is -0.462 e. The first-order valence-corrected chi connectivity index (χ1v) is 13.9. The Balaban J connectivity index is 1.30. The second-order valence-corrected chi connectivity index (χ2v) is 13.2. The van der Waals surface area contributed by atoms with Crippen molar-refractivity contribution in [1.82, 2.24) is 0 Å². The Kier molecular flexibility index (Phi) is 5.11. The number of anilines is 1. The first kappa shape index (κ1) is 22.2. The van der Waals surface area contributed by atoms with Crippen molar-refractivity contribution in [1.29, 1.82) is 0 Å². The SMILES string of the molecule is CC(=O)O[C@H]1CC[C@@]2(C)C(=CC[C@H]3[C@@H]4C[C@H]5Nc6ccc(Br)cc6[C@@H](C)[C@@H]5[C@@]4(C)CC[C@@H]32)C1. The van der Waals surface area contributed by atoms with Crippen LogP contribution in [0.25, 0.3) is 0 Å². The summed E-state index contributed by atoms with van der Waals surface area (Å²) in [5.41, 5.74) is 5.14. The second-order valence-electron chi connectivity index (χ2n) is 12.3. The zero-order chi connectivity index (χ0) is 23.1. The van der Waals surface area contributed by atoms with E-state index in [1.807, 2.05) is 0 Å². The summed E-state index contributed by atoms with van der Waals surface area (Å²) in [6, 6.07) is 7.40. The van der Waals surface area contributed by atoms with Crippen LogP contribution in [0.15, 0.2) is 34.3 Å². The molecule has 9 atom stereocenters. The molecule has 0 bridgehead atoms. The van der Waals surface area contributed by atoms with Crippen LogP contribution in [0.2, 0.25) is 0 Å². The molecule has 178 valence electrons. The number of allylic oxidation sites excluding steroid dienone is 1. The lowest BCUT2D eigenvalue weighted by molar-refractivity contribution is -0.148. The Morgan fingerprint density at radius 3 is 2.79 bits per heavy atom. The van der Waals surface area contributed by atoms with Crippen LogP contribution < -0.4 is 5.32 Å². The van der Waals surface area contributed by atoms with Gasteiger partial charge in [-0.2, -0.15) is 0 Å². The monoisotopic (exact) mass is 511 g/mol. The fraction of sp³-hybridized carbons (Fsp3) is 0.690. The summed E-state index contributed by atoms with van der Waals surface area (Å²) >= 11 is 3.71. The van der Waals surface area contributed by atoms with Gasteiger partial charge in [-0.1, -0.05) is 48.4 Å². The lowest BCUT2D eigenvalue weighted by Gasteiger charge is -2.58. The number of carbonyl (C=O) groups is 1. The molecule has 6 rings (SSSR count). The lowest BCUT2D eigenvalue weighted by atomic mass is 9.47. The predicted octanol–water partition coefficient (Wildman–Crippen LogP) is 7.47. The molecule has 0 radical (unpaired) electrons. The van der Waals surface area contributed by atoms with E-state index < -0.39 is 0 Å². The van der Waals surface area contributed by atoms with Crippen LogP contribution in [-0.2, 0) is 9.53 Å². The van der Waals surface area contributed by atoms with Crippen molar-refractivity contribution in [3.63, 3.8) is 0 Å². The van der Waals surface area contributed by atoms with Gasteiger partial charge >= 0.3 is 5.97 Å². The minimum absolute atomic E-state index is 0.0875. The van der Waals surface area contributed by atoms with E-state index in [4.69, 9.17) is 4.74 Å². The molecule has 33 heavy (non-hydrogen) atoms. The third-order valence-corrected chi connectivity index (χ3v) is 11.4. The first-order valence-electron chi connectivity index (χ1n) is 13.1. The molecule has 0 unspecified atom stereocenters. The van der Waals surface area contributed by atoms with Crippen LogP contribution in [0.1, 0.15) is 84.1 Å². The van der Waals surface area contributed by atoms with Gasteiger partial charge in [-0.3, -0.25) is 4.79 Å². The Morgan fingerprint density at radius 1 is 1.18 bits per heavy atom. The standard InChI is InChI=1S/C29H38BrNO2/c1-16-22-14-19(30)6-8-25(22)31-26-15-24-21-7-5-18-13-20(33-17(2)32)9-11-28(18,3)23(21)10-12-29(24,4)27(16)26/h5-6,8,14,16,20-21,23-24,26-27,31H,7,9-13,15H2,1-4H3/t16-,20+,21-,23+,24+,26-,27+,28+,29+/m1/s1. The molecule has 1 N–H and O–H groups in total. The number of rotatable bonds is 1. The van der Waals surface area contributed by atoms with Crippen molar-refractivity contribution in [2.45, 2.75) is 90.7 Å². The number of benzene rings is 1. The van der Waals surface area contributed by atoms with Gasteiger partial charge in [0.2, 0.25) is 0 Å². The van der Waals surface area contributed by atoms with Gasteiger partial charge in [0.1, 0.15) is 6.10 Å². The summed E-state index contributed by atoms with van der Waals surface area (Å²) in [5, 5.41) is 4.00. The van der Waals surface area contributed by atoms with Crippen molar-refractivity contribution < 1.29 is 9.53 Å². The van der Waals surface area contributed by atoms with Crippen LogP contribution in [0.4, 0.5) is 5.69 Å². The number of carbonyl (C=O) groups excluding carboxylic acids is 1. The summed E-state index contributed by atoms with van der Waals surface area (Å²) in [6.07, 6.45) is 11.0. The van der Waals surface area contributed by atoms with Gasteiger partial charge in [0, 0.05) is 29.5 Å². The molecule has 0 saturated heterocycles. The predicted molar refractivity (Wildman–Crippen MR) is 136 cm³/mol. The Hall–Kier alpha value is -1.29. The summed E-state index contributed by atoms with van der Waals surface area (Å²) in [5.74, 6) is 3.54. The molecule has 3 nitrogen and oxygen atoms in total. The van der Waals surface area contributed by atoms with Gasteiger partial charge in [-0.15, -0.1) is 0 Å². The fourth-order valence-electron chi connectivity index (χ4n) is 9.55. The molecule has 0 amide bonds. The Morgan fingerprint density at radius 2 is 2.00 bits per heavy atom. The van der Waals surface area contributed by atoms with Crippen molar-refractivity contribution in [2.24, 2.45) is 34.5 Å². The number of esters is 1. The van der Waals surface area contributed by atoms with E-state index in [0.29, 0.717) is 28.7 Å². The Bertz CT molecular complexity index is 1020. The molecule has 5 aliphatic rings. The second kappa shape index (κ2) is 7.60. The lowest BCUT2D eigenvalue weighted by Crippen LogP contribution is -2.51. The molecule has 4 aliphatic carbocycles. The maximum atomic E-state index is 11.5. The highest BCUT2D eigenvalue weighted by molar-refractivity contribution is 9.10. The van der Waals surface area contributed by atoms with Crippen molar-refractivity contribution in [3.8, 4) is 0 Å². The zero-order valence-electron chi connectivity index (χ0n) is 20.5. The number of hydrogen-bond acceptors (Lipinski definition) is 3. The topological polar surface area (TPSA) is 38.3 Å². The average molecular weight is 513 g/mol. The number of fused-ring (bicyclic) bond motifs is 8. The zero-order valence-corrected chi connectivity index (χ0v) is 22.1. The summed E-state index contributed by atoms with van der Waals surface area (Å²) < 4.78 is 6.82. The normalized spacial score (nSPS) is 45.4. The average Bonchev–Trinajstić information content (AvgIpc) is 3.07. The summed E-state index contributed by atoms with van der Waals surface area (Å²) in [7, 11) is 0. The molecular weight excluding hydrogens is 474 g/mol. The van der Waals surface area contributed by atoms with E-state index in [1.54, 1.807) is 12.5 Å². The molecule has 4 heteroatoms. The van der Waals surface area contributed by atoms with Gasteiger partial charge in [-0.25, -0.2) is 0 Å². The van der Waals surface area contributed by atoms with Gasteiger partial charge in [0.05, 0.1) is 0 Å². The van der Waals surface area contributed by atoms with Crippen molar-refractivity contribution >= 4 is 27.6 Å². The van der Waals surface area contributed by atoms with Crippen LogP contribution in [0.5, 0.6) is 0 Å². The van der Waals surface area contributed by atoms with Crippen LogP contribution in [0, 0.1) is 34.5 Å². The molecular formula is C29H38BrNO2. The maximum Gasteiger partial charge on any atom is 0.302 e. The van der Waals surface area contributed by atoms with E-state index in [2.05, 4.69) is 66.3 Å². The molecule has 3 fully saturated rings. The smallest absolute Gasteiger partial charge is 0.302 e. The number of ether oxygens (including phenoxy) is 1. The first-order chi connectivity index (χ1) is 15.7. The van der Waals surface area contributed by atoms with Gasteiger partial charge in [-0.05, 0) is 103 Å². The number of halogens is 1. The van der Waals surface area contributed by atoms with E-state index in [9.17, 15) is 4.79 Å². The largest absolute Gasteiger partial charge is 0.462 e. The molecule has 3 saturated carbocycles. The van der Waals surface area contributed by atoms with Crippen LogP contribution in [0.3, 0.4) is 0 Å². The van der Waals surface area contributed by atoms with E-state index >= 15 is 0 Å². The van der Waals surface area contributed by atoms with E-state index in [-0.39, 0.29) is 12.1 Å². The van der Waals surface area contributed by atoms with Crippen LogP contribution in [-0.4, -0.2) is 18.1 Å². The van der Waals surface area contributed by atoms with Gasteiger partial charge in [0.15, 0.2) is 0 Å². The Labute approximate surface area is 207 Å². The molecule has 0 aromatic heterocycles. The molecule has 1 aromatic carbocycles. The van der Waals surface area contributed by atoms with Crippen molar-refractivity contribution in [2.75, 3.05) is 5.32 Å². The van der Waals surface area contributed by atoms with Crippen LogP contribution >= 0.6 is 15.9 Å². The fourth-order valence-corrected chi connectivity index (χ4v) is 9.93. The highest BCUT2D eigenvalue weighted by Gasteiger charge is 2.62. The molecule has 1 heterocycles. The third-order valence-electron chi connectivity index (χ3n) is 10.9. The highest BCUT2D eigenvalue weighted by Crippen LogP contribution is 2.69. The van der Waals surface area contributed by atoms with Gasteiger partial charge < -0.3 is 10.1 Å².